The van der Waals surface area contributed by atoms with E-state index in [1.165, 1.54) is 24.6 Å². The molecule has 2 aromatic rings. The van der Waals surface area contributed by atoms with Gasteiger partial charge >= 0.3 is 0 Å². The van der Waals surface area contributed by atoms with Gasteiger partial charge in [0.05, 0.1) is 5.75 Å². The van der Waals surface area contributed by atoms with Crippen molar-refractivity contribution in [3.63, 3.8) is 0 Å². The van der Waals surface area contributed by atoms with Crippen LogP contribution in [0.1, 0.15) is 47.8 Å². The molecule has 0 radical (unpaired) electrons. The van der Waals surface area contributed by atoms with E-state index < -0.39 is 0 Å². The lowest BCUT2D eigenvalue weighted by Gasteiger charge is -2.16. The lowest BCUT2D eigenvalue weighted by molar-refractivity contribution is -0.117. The van der Waals surface area contributed by atoms with Gasteiger partial charge in [0.2, 0.25) is 5.91 Å². The van der Waals surface area contributed by atoms with Gasteiger partial charge in [-0.2, -0.15) is 0 Å². The molecule has 1 aromatic carbocycles. The molecule has 1 aromatic heterocycles. The zero-order chi connectivity index (χ0) is 17.4. The Morgan fingerprint density at radius 1 is 1.32 bits per heavy atom. The number of hydrogen-bond acceptors (Lipinski definition) is 5. The molecule has 0 unspecified atom stereocenters. The molecule has 7 heteroatoms. The molecule has 1 saturated heterocycles. The Kier molecular flexibility index (Phi) is 4.33. The maximum absolute atomic E-state index is 12.5. The molecule has 0 bridgehead atoms. The summed E-state index contributed by atoms with van der Waals surface area (Å²) in [5.41, 5.74) is 1.45. The summed E-state index contributed by atoms with van der Waals surface area (Å²) >= 11 is 1.41. The number of ketones is 1. The number of anilines is 1. The van der Waals surface area contributed by atoms with Crippen molar-refractivity contribution in [1.82, 2.24) is 14.8 Å². The topological polar surface area (TPSA) is 68.1 Å². The molecule has 0 atom stereocenters. The van der Waals surface area contributed by atoms with Gasteiger partial charge in [0.15, 0.2) is 10.9 Å². The monoisotopic (exact) mass is 356 g/mol. The number of carbonyl (C=O) groups excluding carboxylic acids is 2. The highest BCUT2D eigenvalue weighted by Gasteiger charge is 2.29. The van der Waals surface area contributed by atoms with E-state index in [1.54, 1.807) is 11.0 Å². The first kappa shape index (κ1) is 16.3. The Labute approximate surface area is 150 Å². The van der Waals surface area contributed by atoms with Crippen LogP contribution in [0.3, 0.4) is 0 Å². The summed E-state index contributed by atoms with van der Waals surface area (Å²) < 4.78 is 1.99. The van der Waals surface area contributed by atoms with Crippen LogP contribution in [0.4, 0.5) is 5.69 Å². The second-order valence-electron chi connectivity index (χ2n) is 6.59. The Bertz CT molecular complexity index is 828. The van der Waals surface area contributed by atoms with Gasteiger partial charge in [-0.3, -0.25) is 9.59 Å². The van der Waals surface area contributed by atoms with E-state index >= 15 is 0 Å². The fraction of sp³-hybridized carbons (Fsp3) is 0.444. The van der Waals surface area contributed by atoms with Crippen molar-refractivity contribution in [2.75, 3.05) is 17.2 Å². The van der Waals surface area contributed by atoms with Crippen LogP contribution >= 0.6 is 11.8 Å². The third kappa shape index (κ3) is 3.33. The molecule has 2 fully saturated rings. The predicted octanol–water partition coefficient (Wildman–Crippen LogP) is 2.79. The summed E-state index contributed by atoms with van der Waals surface area (Å²) in [5, 5.41) is 9.22. The zero-order valence-corrected chi connectivity index (χ0v) is 15.0. The summed E-state index contributed by atoms with van der Waals surface area (Å²) in [5.74, 6) is 2.04. The Hall–Kier alpha value is -2.15. The SMILES string of the molecule is Cn1c(SCC(=O)c2cccc(N3CCCC3=O)c2)nnc1C1CC1. The molecular formula is C18H20N4O2S. The number of rotatable bonds is 6. The summed E-state index contributed by atoms with van der Waals surface area (Å²) in [7, 11) is 1.96. The van der Waals surface area contributed by atoms with Gasteiger partial charge in [0, 0.05) is 37.2 Å². The molecule has 6 nitrogen and oxygen atoms in total. The minimum absolute atomic E-state index is 0.0365. The van der Waals surface area contributed by atoms with Gasteiger partial charge < -0.3 is 9.47 Å². The molecular weight excluding hydrogens is 336 g/mol. The van der Waals surface area contributed by atoms with Gasteiger partial charge in [-0.25, -0.2) is 0 Å². The molecule has 1 amide bonds. The Morgan fingerprint density at radius 2 is 2.16 bits per heavy atom. The number of hydrogen-bond donors (Lipinski definition) is 0. The van der Waals surface area contributed by atoms with Crippen LogP contribution in [0.15, 0.2) is 29.4 Å². The van der Waals surface area contributed by atoms with E-state index in [1.807, 2.05) is 29.8 Å². The highest BCUT2D eigenvalue weighted by molar-refractivity contribution is 7.99. The van der Waals surface area contributed by atoms with Crippen LogP contribution in [0.2, 0.25) is 0 Å². The van der Waals surface area contributed by atoms with Crippen molar-refractivity contribution in [3.8, 4) is 0 Å². The van der Waals surface area contributed by atoms with Gasteiger partial charge in [0.25, 0.3) is 0 Å². The molecule has 2 aliphatic rings. The van der Waals surface area contributed by atoms with Crippen LogP contribution in [-0.2, 0) is 11.8 Å². The number of Topliss-reactive ketones (excluding diaryl/α,β-unsaturated/α-hetero) is 1. The van der Waals surface area contributed by atoms with Gasteiger partial charge in [-0.15, -0.1) is 10.2 Å². The van der Waals surface area contributed by atoms with Crippen molar-refractivity contribution < 1.29 is 9.59 Å². The van der Waals surface area contributed by atoms with Gasteiger partial charge in [-0.05, 0) is 31.4 Å². The van der Waals surface area contributed by atoms with Crippen LogP contribution in [0, 0.1) is 0 Å². The van der Waals surface area contributed by atoms with Gasteiger partial charge in [-0.1, -0.05) is 23.9 Å². The molecule has 1 aliphatic heterocycles. The van der Waals surface area contributed by atoms with E-state index in [4.69, 9.17) is 0 Å². The minimum Gasteiger partial charge on any atom is -0.312 e. The molecule has 25 heavy (non-hydrogen) atoms. The highest BCUT2D eigenvalue weighted by Crippen LogP contribution is 2.39. The predicted molar refractivity (Wildman–Crippen MR) is 96.1 cm³/mol. The van der Waals surface area contributed by atoms with Crippen LogP contribution in [0.5, 0.6) is 0 Å². The first-order valence-electron chi connectivity index (χ1n) is 8.59. The molecule has 1 aliphatic carbocycles. The second-order valence-corrected chi connectivity index (χ2v) is 7.53. The lowest BCUT2D eigenvalue weighted by Crippen LogP contribution is -2.23. The first-order chi connectivity index (χ1) is 12.1. The summed E-state index contributed by atoms with van der Waals surface area (Å²) in [6, 6.07) is 7.35. The zero-order valence-electron chi connectivity index (χ0n) is 14.1. The molecule has 2 heterocycles. The lowest BCUT2D eigenvalue weighted by atomic mass is 10.1. The third-order valence-electron chi connectivity index (χ3n) is 4.70. The average molecular weight is 356 g/mol. The van der Waals surface area contributed by atoms with Crippen LogP contribution in [-0.4, -0.2) is 38.8 Å². The fourth-order valence-corrected chi connectivity index (χ4v) is 3.94. The van der Waals surface area contributed by atoms with Crippen molar-refractivity contribution >= 4 is 29.1 Å². The standard InChI is InChI=1S/C18H20N4O2S/c1-21-17(12-7-8-12)19-20-18(21)25-11-15(23)13-4-2-5-14(10-13)22-9-3-6-16(22)24/h2,4-5,10,12H,3,6-9,11H2,1H3. The average Bonchev–Trinajstić information content (AvgIpc) is 3.27. The van der Waals surface area contributed by atoms with Crippen molar-refractivity contribution in [2.24, 2.45) is 7.05 Å². The number of aromatic nitrogens is 3. The van der Waals surface area contributed by atoms with E-state index in [0.29, 0.717) is 23.7 Å². The molecule has 130 valence electrons. The third-order valence-corrected chi connectivity index (χ3v) is 5.72. The van der Waals surface area contributed by atoms with E-state index in [0.717, 1.165) is 29.6 Å². The number of carbonyl (C=O) groups is 2. The Morgan fingerprint density at radius 3 is 2.88 bits per heavy atom. The molecule has 4 rings (SSSR count). The van der Waals surface area contributed by atoms with Crippen molar-refractivity contribution in [1.29, 1.82) is 0 Å². The maximum atomic E-state index is 12.5. The summed E-state index contributed by atoms with van der Waals surface area (Å²) in [4.78, 5) is 26.2. The van der Waals surface area contributed by atoms with Crippen molar-refractivity contribution in [2.45, 2.75) is 36.8 Å². The van der Waals surface area contributed by atoms with Crippen molar-refractivity contribution in [3.05, 3.63) is 35.7 Å². The van der Waals surface area contributed by atoms with E-state index in [-0.39, 0.29) is 11.7 Å². The first-order valence-corrected chi connectivity index (χ1v) is 9.58. The van der Waals surface area contributed by atoms with Crippen LogP contribution < -0.4 is 4.90 Å². The number of amides is 1. The normalized spacial score (nSPS) is 17.3. The van der Waals surface area contributed by atoms with Crippen LogP contribution in [0.25, 0.3) is 0 Å². The summed E-state index contributed by atoms with van der Waals surface area (Å²) in [6.07, 6.45) is 3.82. The largest absolute Gasteiger partial charge is 0.312 e. The molecule has 0 spiro atoms. The second kappa shape index (κ2) is 6.63. The van der Waals surface area contributed by atoms with E-state index in [9.17, 15) is 9.59 Å². The quantitative estimate of drug-likeness (QED) is 0.588. The summed E-state index contributed by atoms with van der Waals surface area (Å²) in [6.45, 7) is 0.730. The highest BCUT2D eigenvalue weighted by atomic mass is 32.2. The van der Waals surface area contributed by atoms with Gasteiger partial charge in [0.1, 0.15) is 5.82 Å². The number of thioether (sulfide) groups is 1. The van der Waals surface area contributed by atoms with E-state index in [2.05, 4.69) is 10.2 Å². The number of benzene rings is 1. The molecule has 1 saturated carbocycles. The molecule has 0 N–H and O–H groups in total. The maximum Gasteiger partial charge on any atom is 0.227 e. The smallest absolute Gasteiger partial charge is 0.227 e. The fourth-order valence-electron chi connectivity index (χ4n) is 3.13. The number of nitrogens with zero attached hydrogens (tertiary/aromatic N) is 4. The Balaban J connectivity index is 1.43. The minimum atomic E-state index is 0.0365.